The molecule has 1 unspecified atom stereocenters. The second kappa shape index (κ2) is 13.5. The summed E-state index contributed by atoms with van der Waals surface area (Å²) in [6, 6.07) is 67.1. The van der Waals surface area contributed by atoms with Crippen LogP contribution in [0, 0.1) is 0 Å². The van der Waals surface area contributed by atoms with E-state index < -0.39 is 0 Å². The first-order valence-electron chi connectivity index (χ1n) is 19.9. The molecule has 2 aliphatic rings. The van der Waals surface area contributed by atoms with E-state index in [1.165, 1.54) is 91.0 Å². The van der Waals surface area contributed by atoms with Gasteiger partial charge in [-0.15, -0.1) is 11.3 Å². The maximum absolute atomic E-state index is 2.50. The number of hydrogen-bond donors (Lipinski definition) is 0. The molecule has 0 bridgehead atoms. The number of allylic oxidation sites excluding steroid dienone is 4. The number of benzene rings is 8. The van der Waals surface area contributed by atoms with Crippen LogP contribution in [-0.4, -0.2) is 4.57 Å². The summed E-state index contributed by atoms with van der Waals surface area (Å²) in [5.74, 6) is 0.367. The molecule has 1 aliphatic heterocycles. The van der Waals surface area contributed by atoms with E-state index in [4.69, 9.17) is 0 Å². The molecule has 274 valence electrons. The van der Waals surface area contributed by atoms with Crippen LogP contribution in [0.5, 0.6) is 0 Å². The minimum atomic E-state index is 0.367. The minimum Gasteiger partial charge on any atom is -0.309 e. The SMILES string of the molecule is C1=CCC2C(=C1)Sc1c(-c3ccc(N(c4ccccc4)c4cccc5c4sc4ccccc45)cc3)cc(-n3c4ccccc4c4ccc(-c5ccccc5)cc43)cc12. The first-order chi connectivity index (χ1) is 28.8. The highest BCUT2D eigenvalue weighted by Gasteiger charge is 2.32. The van der Waals surface area contributed by atoms with E-state index >= 15 is 0 Å². The molecule has 0 saturated heterocycles. The van der Waals surface area contributed by atoms with Gasteiger partial charge in [0, 0.05) is 54.1 Å². The summed E-state index contributed by atoms with van der Waals surface area (Å²) in [4.78, 5) is 5.23. The van der Waals surface area contributed by atoms with Crippen LogP contribution in [-0.2, 0) is 0 Å². The summed E-state index contributed by atoms with van der Waals surface area (Å²) in [5, 5.41) is 5.15. The molecule has 58 heavy (non-hydrogen) atoms. The van der Waals surface area contributed by atoms with Crippen molar-refractivity contribution in [2.45, 2.75) is 17.2 Å². The van der Waals surface area contributed by atoms with Crippen molar-refractivity contribution in [3.63, 3.8) is 0 Å². The molecular formula is C54H36N2S2. The Kier molecular flexibility index (Phi) is 7.82. The summed E-state index contributed by atoms with van der Waals surface area (Å²) < 4.78 is 5.11. The molecule has 10 aromatic rings. The zero-order valence-corrected chi connectivity index (χ0v) is 33.2. The van der Waals surface area contributed by atoms with Gasteiger partial charge in [-0.2, -0.15) is 0 Å². The van der Waals surface area contributed by atoms with Gasteiger partial charge in [-0.25, -0.2) is 0 Å². The van der Waals surface area contributed by atoms with Crippen LogP contribution in [0.3, 0.4) is 0 Å². The van der Waals surface area contributed by atoms with Crippen molar-refractivity contribution >= 4 is 82.1 Å². The average molecular weight is 777 g/mol. The largest absolute Gasteiger partial charge is 0.309 e. The topological polar surface area (TPSA) is 8.17 Å². The lowest BCUT2D eigenvalue weighted by Crippen LogP contribution is -2.09. The second-order valence-corrected chi connectivity index (χ2v) is 17.4. The van der Waals surface area contributed by atoms with Gasteiger partial charge >= 0.3 is 0 Å². The van der Waals surface area contributed by atoms with E-state index in [1.54, 1.807) is 0 Å². The molecule has 0 spiro atoms. The van der Waals surface area contributed by atoms with Crippen molar-refractivity contribution in [3.05, 3.63) is 211 Å². The van der Waals surface area contributed by atoms with Gasteiger partial charge in [0.1, 0.15) is 0 Å². The van der Waals surface area contributed by atoms with Crippen molar-refractivity contribution in [1.29, 1.82) is 0 Å². The van der Waals surface area contributed by atoms with Crippen LogP contribution in [0.25, 0.3) is 69.9 Å². The van der Waals surface area contributed by atoms with Gasteiger partial charge in [-0.3, -0.25) is 0 Å². The number of hydrogen-bond acceptors (Lipinski definition) is 3. The van der Waals surface area contributed by atoms with Gasteiger partial charge in [-0.05, 0) is 99.8 Å². The van der Waals surface area contributed by atoms with Gasteiger partial charge in [-0.1, -0.05) is 151 Å². The first-order valence-corrected chi connectivity index (χ1v) is 21.6. The third-order valence-corrected chi connectivity index (χ3v) is 14.4. The highest BCUT2D eigenvalue weighted by Crippen LogP contribution is 2.56. The predicted octanol–water partition coefficient (Wildman–Crippen LogP) is 16.0. The van der Waals surface area contributed by atoms with Gasteiger partial charge in [0.05, 0.1) is 21.4 Å². The Balaban J connectivity index is 1.04. The molecular weight excluding hydrogens is 741 g/mol. The maximum Gasteiger partial charge on any atom is 0.0640 e. The Morgan fingerprint density at radius 2 is 1.24 bits per heavy atom. The van der Waals surface area contributed by atoms with Crippen LogP contribution in [0.1, 0.15) is 17.9 Å². The highest BCUT2D eigenvalue weighted by molar-refractivity contribution is 8.03. The summed E-state index contributed by atoms with van der Waals surface area (Å²) in [5.41, 5.74) is 13.5. The van der Waals surface area contributed by atoms with Crippen molar-refractivity contribution < 1.29 is 0 Å². The highest BCUT2D eigenvalue weighted by atomic mass is 32.2. The number of rotatable bonds is 6. The Morgan fingerprint density at radius 1 is 0.534 bits per heavy atom. The van der Waals surface area contributed by atoms with Crippen molar-refractivity contribution in [3.8, 4) is 27.9 Å². The fourth-order valence-electron chi connectivity index (χ4n) is 9.23. The lowest BCUT2D eigenvalue weighted by molar-refractivity contribution is 0.836. The van der Waals surface area contributed by atoms with E-state index in [0.717, 1.165) is 17.8 Å². The molecule has 12 rings (SSSR count). The molecule has 0 N–H and O–H groups in total. The van der Waals surface area contributed by atoms with E-state index in [1.807, 2.05) is 23.1 Å². The van der Waals surface area contributed by atoms with Crippen LogP contribution >= 0.6 is 23.1 Å². The van der Waals surface area contributed by atoms with Gasteiger partial charge in [0.25, 0.3) is 0 Å². The fourth-order valence-corrected chi connectivity index (χ4v) is 11.8. The minimum absolute atomic E-state index is 0.367. The predicted molar refractivity (Wildman–Crippen MR) is 250 cm³/mol. The molecule has 2 nitrogen and oxygen atoms in total. The molecule has 2 aromatic heterocycles. The van der Waals surface area contributed by atoms with E-state index in [9.17, 15) is 0 Å². The monoisotopic (exact) mass is 776 g/mol. The second-order valence-electron chi connectivity index (χ2n) is 15.2. The van der Waals surface area contributed by atoms with Gasteiger partial charge < -0.3 is 9.47 Å². The third-order valence-electron chi connectivity index (χ3n) is 11.9. The summed E-state index contributed by atoms with van der Waals surface area (Å²) in [6.45, 7) is 0. The molecule has 3 heterocycles. The van der Waals surface area contributed by atoms with Gasteiger partial charge in [0.2, 0.25) is 0 Å². The molecule has 0 radical (unpaired) electrons. The molecule has 4 heteroatoms. The third kappa shape index (κ3) is 5.33. The molecule has 0 amide bonds. The summed E-state index contributed by atoms with van der Waals surface area (Å²) in [6.07, 6.45) is 7.90. The number of fused-ring (bicyclic) bond motifs is 9. The quantitative estimate of drug-likeness (QED) is 0.166. The Morgan fingerprint density at radius 3 is 2.10 bits per heavy atom. The van der Waals surface area contributed by atoms with Gasteiger partial charge in [0.15, 0.2) is 0 Å². The molecule has 8 aromatic carbocycles. The van der Waals surface area contributed by atoms with Crippen LogP contribution < -0.4 is 4.90 Å². The van der Waals surface area contributed by atoms with Crippen LogP contribution in [0.2, 0.25) is 0 Å². The molecule has 1 aliphatic carbocycles. The molecule has 1 atom stereocenters. The number of aromatic nitrogens is 1. The number of nitrogens with zero attached hydrogens (tertiary/aromatic N) is 2. The fraction of sp³-hybridized carbons (Fsp3) is 0.0370. The molecule has 0 saturated carbocycles. The van der Waals surface area contributed by atoms with Crippen LogP contribution in [0.15, 0.2) is 210 Å². The van der Waals surface area contributed by atoms with Crippen molar-refractivity contribution in [1.82, 2.24) is 4.57 Å². The number of thiophene rings is 1. The summed E-state index contributed by atoms with van der Waals surface area (Å²) in [7, 11) is 0. The van der Waals surface area contributed by atoms with Crippen molar-refractivity contribution in [2.75, 3.05) is 4.90 Å². The van der Waals surface area contributed by atoms with E-state index in [2.05, 4.69) is 210 Å². The van der Waals surface area contributed by atoms with E-state index in [-0.39, 0.29) is 0 Å². The maximum atomic E-state index is 2.50. The Bertz CT molecular complexity index is 3280. The zero-order chi connectivity index (χ0) is 38.2. The van der Waals surface area contributed by atoms with E-state index in [0.29, 0.717) is 5.92 Å². The van der Waals surface area contributed by atoms with Crippen molar-refractivity contribution in [2.24, 2.45) is 0 Å². The Hall–Kier alpha value is -6.59. The normalized spacial score (nSPS) is 14.6. The lowest BCUT2D eigenvalue weighted by atomic mass is 9.89. The number of para-hydroxylation sites is 2. The summed E-state index contributed by atoms with van der Waals surface area (Å²) >= 11 is 3.83. The number of thioether (sulfide) groups is 1. The zero-order valence-electron chi connectivity index (χ0n) is 31.5. The lowest BCUT2D eigenvalue weighted by Gasteiger charge is -2.26. The average Bonchev–Trinajstić information content (AvgIpc) is 3.97. The molecule has 0 fully saturated rings. The Labute approximate surface area is 345 Å². The first kappa shape index (κ1) is 33.5. The smallest absolute Gasteiger partial charge is 0.0640 e. The number of anilines is 3. The standard InChI is InChI=1S/C54H36N2S2/c1-3-14-35(15-4-1)37-28-31-42-41-18-7-10-22-48(41)56(50(42)32-37)40-33-46(53-47(34-40)44-20-9-12-25-52(44)57-53)36-26-29-39(30-27-36)55(38-16-5-2-6-17-38)49-23-13-21-45-43-19-8-11-24-51(43)58-54(45)49/h1-19,21-34,44H,20H2. The van der Waals surface area contributed by atoms with Crippen LogP contribution in [0.4, 0.5) is 17.1 Å².